The highest BCUT2D eigenvalue weighted by molar-refractivity contribution is 7.73. The van der Waals surface area contributed by atoms with Crippen LogP contribution in [0.3, 0.4) is 0 Å². The highest BCUT2D eigenvalue weighted by Gasteiger charge is 2.63. The Hall–Kier alpha value is -2.78. The Morgan fingerprint density at radius 3 is 2.17 bits per heavy atom. The number of aryl methyl sites for hydroxylation is 1. The molecule has 1 unspecified atom stereocenters. The second-order valence-corrected chi connectivity index (χ2v) is 11.6. The number of ether oxygens (including phenoxy) is 1. The van der Waals surface area contributed by atoms with E-state index < -0.39 is 38.3 Å². The van der Waals surface area contributed by atoms with Gasteiger partial charge in [0.05, 0.1) is 29.8 Å². The number of nitrogen functional groups attached to an aromatic ring is 1. The van der Waals surface area contributed by atoms with Gasteiger partial charge in [0.25, 0.3) is 11.1 Å². The van der Waals surface area contributed by atoms with E-state index in [0.29, 0.717) is 22.2 Å². The lowest BCUT2D eigenvalue weighted by Gasteiger charge is -2.37. The molecule has 1 heterocycles. The smallest absolute Gasteiger partial charge is 0.399 e. The van der Waals surface area contributed by atoms with Gasteiger partial charge in [0.2, 0.25) is 0 Å². The Labute approximate surface area is 207 Å². The molecular weight excluding hydrogens is 510 g/mol. The molecule has 0 saturated heterocycles. The molecule has 3 rings (SSSR count). The number of Topliss-reactive ketones (excluding diaryl/α,β-unsaturated/α-hetero) is 1. The van der Waals surface area contributed by atoms with Crippen LogP contribution < -0.4 is 10.5 Å². The summed E-state index contributed by atoms with van der Waals surface area (Å²) in [6.45, 7) is 4.25. The number of H-pyrrole nitrogens is 1. The molecule has 0 aliphatic heterocycles. The zero-order valence-corrected chi connectivity index (χ0v) is 21.8. The summed E-state index contributed by atoms with van der Waals surface area (Å²) < 4.78 is 43.3. The van der Waals surface area contributed by atoms with E-state index in [1.54, 1.807) is 49.4 Å². The number of anilines is 1. The number of aromatic nitrogens is 1. The van der Waals surface area contributed by atoms with Gasteiger partial charge in [0.1, 0.15) is 5.75 Å². The number of carbonyl (C=O) groups excluding carboxylic acids is 2. The molecule has 0 bridgehead atoms. The number of benzene rings is 2. The van der Waals surface area contributed by atoms with Crippen LogP contribution >= 0.6 is 15.2 Å². The van der Waals surface area contributed by atoms with E-state index in [0.717, 1.165) is 0 Å². The summed E-state index contributed by atoms with van der Waals surface area (Å²) in [5, 5.41) is -2.46. The topological polar surface area (TPSA) is 178 Å². The predicted molar refractivity (Wildman–Crippen MR) is 134 cm³/mol. The van der Waals surface area contributed by atoms with Gasteiger partial charge in [-0.2, -0.15) is 0 Å². The fourth-order valence-corrected chi connectivity index (χ4v) is 6.48. The number of ketones is 1. The fraction of sp³-hybridized carbons (Fsp3) is 0.304. The molecule has 3 aromatic rings. The Morgan fingerprint density at radius 1 is 1.00 bits per heavy atom. The third-order valence-electron chi connectivity index (χ3n) is 5.44. The van der Waals surface area contributed by atoms with Crippen LogP contribution in [0.1, 0.15) is 25.1 Å². The average molecular weight is 538 g/mol. The molecule has 0 radical (unpaired) electrons. The van der Waals surface area contributed by atoms with Gasteiger partial charge in [-0.3, -0.25) is 18.7 Å². The largest absolute Gasteiger partial charge is 0.465 e. The minimum atomic E-state index is -5.61. The molecule has 0 fully saturated rings. The normalized spacial score (nSPS) is 13.9. The van der Waals surface area contributed by atoms with Crippen LogP contribution in [-0.4, -0.2) is 44.6 Å². The van der Waals surface area contributed by atoms with Crippen LogP contribution in [0.15, 0.2) is 48.5 Å². The van der Waals surface area contributed by atoms with Crippen molar-refractivity contribution in [2.75, 3.05) is 18.9 Å². The summed E-state index contributed by atoms with van der Waals surface area (Å²) in [6.07, 6.45) is -0.560. The first kappa shape index (κ1) is 27.8. The van der Waals surface area contributed by atoms with E-state index in [2.05, 4.69) is 4.98 Å². The van der Waals surface area contributed by atoms with E-state index >= 15 is 0 Å². The van der Waals surface area contributed by atoms with Gasteiger partial charge in [-0.1, -0.05) is 36.4 Å². The van der Waals surface area contributed by atoms with Crippen molar-refractivity contribution < 1.29 is 42.3 Å². The lowest BCUT2D eigenvalue weighted by molar-refractivity contribution is -0.140. The number of hydrogen-bond acceptors (Lipinski definition) is 8. The first-order valence-corrected chi connectivity index (χ1v) is 14.2. The molecule has 36 heavy (non-hydrogen) atoms. The maximum Gasteiger partial charge on any atom is 0.399 e. The van der Waals surface area contributed by atoms with Crippen LogP contribution in [0.5, 0.6) is 5.75 Å². The summed E-state index contributed by atoms with van der Waals surface area (Å²) in [7, 11) is -10.4. The van der Waals surface area contributed by atoms with Crippen LogP contribution in [0, 0.1) is 6.92 Å². The summed E-state index contributed by atoms with van der Waals surface area (Å²) in [6, 6.07) is 12.8. The van der Waals surface area contributed by atoms with Crippen molar-refractivity contribution in [3.05, 3.63) is 59.8 Å². The van der Waals surface area contributed by atoms with E-state index in [9.17, 15) is 28.5 Å². The highest BCUT2D eigenvalue weighted by Crippen LogP contribution is 2.63. The molecule has 0 amide bonds. The summed E-state index contributed by atoms with van der Waals surface area (Å²) in [5.41, 5.74) is 5.89. The van der Waals surface area contributed by atoms with Gasteiger partial charge >= 0.3 is 20.7 Å². The van der Waals surface area contributed by atoms with E-state index in [1.165, 1.54) is 19.9 Å². The fourth-order valence-electron chi connectivity index (χ4n) is 3.83. The van der Waals surface area contributed by atoms with Gasteiger partial charge in [-0.15, -0.1) is 0 Å². The standard InChI is InChI=1S/C23H28N2O9P2/c1-4-32-36(31,33-5-2)23(14-16-10-7-6-8-11-16,21(26)22(27)35(28,29)30)34-18-13-9-12-17-19(18)20(24)15(3)25-17/h6-13,25H,4-5,14,24H2,1-3H3,(H2,28,29,30). The molecule has 0 aliphatic carbocycles. The number of nitrogens with two attached hydrogens (primary N) is 1. The van der Waals surface area contributed by atoms with Crippen LogP contribution in [-0.2, 0) is 34.2 Å². The Bertz CT molecular complexity index is 1360. The average Bonchev–Trinajstić information content (AvgIpc) is 3.12. The monoisotopic (exact) mass is 538 g/mol. The second kappa shape index (κ2) is 10.7. The van der Waals surface area contributed by atoms with Gasteiger partial charge < -0.3 is 34.3 Å². The van der Waals surface area contributed by atoms with Gasteiger partial charge in [0, 0.05) is 12.1 Å². The minimum Gasteiger partial charge on any atom is -0.465 e. The van der Waals surface area contributed by atoms with Crippen molar-refractivity contribution in [1.82, 2.24) is 4.98 Å². The molecule has 1 atom stereocenters. The zero-order chi connectivity index (χ0) is 26.7. The third-order valence-corrected chi connectivity index (χ3v) is 8.71. The van der Waals surface area contributed by atoms with E-state index in [-0.39, 0.29) is 24.7 Å². The quantitative estimate of drug-likeness (QED) is 0.195. The van der Waals surface area contributed by atoms with Gasteiger partial charge in [-0.05, 0) is 38.5 Å². The van der Waals surface area contributed by atoms with Crippen molar-refractivity contribution in [2.45, 2.75) is 32.5 Å². The maximum atomic E-state index is 14.3. The SMILES string of the molecule is CCOP(=O)(OCC)C(Cc1ccccc1)(Oc1cccc2[nH]c(C)c(N)c12)C(=O)C(=O)P(=O)(O)O. The third kappa shape index (κ3) is 5.18. The lowest BCUT2D eigenvalue weighted by atomic mass is 10.0. The molecule has 194 valence electrons. The number of hydrogen-bond donors (Lipinski definition) is 4. The number of carbonyl (C=O) groups is 2. The predicted octanol–water partition coefficient (Wildman–Crippen LogP) is 3.92. The first-order valence-electron chi connectivity index (χ1n) is 11.0. The number of aromatic amines is 1. The Morgan fingerprint density at radius 2 is 1.61 bits per heavy atom. The molecule has 2 aromatic carbocycles. The number of rotatable bonds is 12. The van der Waals surface area contributed by atoms with Gasteiger partial charge in [-0.25, -0.2) is 0 Å². The van der Waals surface area contributed by atoms with Crippen LogP contribution in [0.4, 0.5) is 5.69 Å². The van der Waals surface area contributed by atoms with Crippen molar-refractivity contribution in [3.8, 4) is 5.75 Å². The molecule has 11 nitrogen and oxygen atoms in total. The molecule has 5 N–H and O–H groups in total. The van der Waals surface area contributed by atoms with Crippen LogP contribution in [0.25, 0.3) is 10.9 Å². The lowest BCUT2D eigenvalue weighted by Crippen LogP contribution is -2.50. The number of fused-ring (bicyclic) bond motifs is 1. The molecule has 0 spiro atoms. The summed E-state index contributed by atoms with van der Waals surface area (Å²) in [5.74, 6) is -1.80. The zero-order valence-electron chi connectivity index (χ0n) is 20.0. The number of nitrogens with one attached hydrogen (secondary N) is 1. The van der Waals surface area contributed by atoms with Crippen molar-refractivity contribution in [3.63, 3.8) is 0 Å². The van der Waals surface area contributed by atoms with Crippen molar-refractivity contribution >= 4 is 43.1 Å². The molecule has 1 aromatic heterocycles. The molecule has 0 aliphatic rings. The van der Waals surface area contributed by atoms with Crippen molar-refractivity contribution in [1.29, 1.82) is 0 Å². The highest BCUT2D eigenvalue weighted by atomic mass is 31.2. The second-order valence-electron chi connectivity index (χ2n) is 7.90. The van der Waals surface area contributed by atoms with E-state index in [1.807, 2.05) is 0 Å². The Balaban J connectivity index is 2.38. The first-order chi connectivity index (χ1) is 16.9. The summed E-state index contributed by atoms with van der Waals surface area (Å²) >= 11 is 0. The maximum absolute atomic E-state index is 14.3. The molecule has 13 heteroatoms. The van der Waals surface area contributed by atoms with Gasteiger partial charge in [0.15, 0.2) is 0 Å². The van der Waals surface area contributed by atoms with Crippen molar-refractivity contribution in [2.24, 2.45) is 0 Å². The molecular formula is C23H28N2O9P2. The Kier molecular flexibility index (Phi) is 8.25. The summed E-state index contributed by atoms with van der Waals surface area (Å²) in [4.78, 5) is 48.7. The van der Waals surface area contributed by atoms with Crippen LogP contribution in [0.2, 0.25) is 0 Å². The minimum absolute atomic E-state index is 0.0585. The van der Waals surface area contributed by atoms with E-state index in [4.69, 9.17) is 19.5 Å². The molecule has 0 saturated carbocycles.